The van der Waals surface area contributed by atoms with Crippen molar-refractivity contribution in [2.24, 2.45) is 0 Å². The number of ether oxygens (including phenoxy) is 1. The number of halogens is 1. The fourth-order valence-corrected chi connectivity index (χ4v) is 2.14. The van der Waals surface area contributed by atoms with Gasteiger partial charge in [-0.1, -0.05) is 6.92 Å². The van der Waals surface area contributed by atoms with E-state index < -0.39 is 0 Å². The third kappa shape index (κ3) is 4.51. The first-order valence-electron chi connectivity index (χ1n) is 5.28. The van der Waals surface area contributed by atoms with Gasteiger partial charge in [-0.3, -0.25) is 4.79 Å². The first-order valence-corrected chi connectivity index (χ1v) is 6.63. The lowest BCUT2D eigenvalue weighted by Gasteiger charge is -2.03. The van der Waals surface area contributed by atoms with Gasteiger partial charge in [-0.2, -0.15) is 0 Å². The summed E-state index contributed by atoms with van der Waals surface area (Å²) < 4.78 is 5.15. The Labute approximate surface area is 105 Å². The van der Waals surface area contributed by atoms with Crippen LogP contribution in [0.3, 0.4) is 0 Å². The first-order chi connectivity index (χ1) is 7.77. The second-order valence-electron chi connectivity index (χ2n) is 3.18. The number of rotatable bonds is 7. The standard InChI is InChI=1S/C11H16ClNO2S/c1-2-9-3-4-10(16-9)11(14)13-6-8-15-7-5-12/h3-4H,2,5-8H2,1H3,(H,13,14). The van der Waals surface area contributed by atoms with Gasteiger partial charge < -0.3 is 10.1 Å². The van der Waals surface area contributed by atoms with E-state index in [0.29, 0.717) is 25.6 Å². The van der Waals surface area contributed by atoms with E-state index in [1.165, 1.54) is 16.2 Å². The first kappa shape index (κ1) is 13.5. The third-order valence-corrected chi connectivity index (χ3v) is 3.37. The van der Waals surface area contributed by atoms with Gasteiger partial charge in [0, 0.05) is 17.3 Å². The molecule has 0 aliphatic rings. The topological polar surface area (TPSA) is 38.3 Å². The molecular weight excluding hydrogens is 246 g/mol. The van der Waals surface area contributed by atoms with Crippen LogP contribution in [0.2, 0.25) is 0 Å². The Morgan fingerprint density at radius 2 is 2.31 bits per heavy atom. The van der Waals surface area contributed by atoms with Gasteiger partial charge in [0.25, 0.3) is 5.91 Å². The van der Waals surface area contributed by atoms with Crippen molar-refractivity contribution in [3.63, 3.8) is 0 Å². The van der Waals surface area contributed by atoms with Gasteiger partial charge in [0.1, 0.15) is 0 Å². The lowest BCUT2D eigenvalue weighted by molar-refractivity contribution is 0.0927. The van der Waals surface area contributed by atoms with Crippen LogP contribution < -0.4 is 5.32 Å². The van der Waals surface area contributed by atoms with Gasteiger partial charge in [0.05, 0.1) is 18.1 Å². The predicted octanol–water partition coefficient (Wildman–Crippen LogP) is 2.30. The number of amides is 1. The molecule has 0 radical (unpaired) electrons. The number of thiophene rings is 1. The highest BCUT2D eigenvalue weighted by molar-refractivity contribution is 7.14. The van der Waals surface area contributed by atoms with Gasteiger partial charge in [-0.25, -0.2) is 0 Å². The molecule has 5 heteroatoms. The Balaban J connectivity index is 2.24. The molecule has 3 nitrogen and oxygen atoms in total. The van der Waals surface area contributed by atoms with Crippen LogP contribution in [0.1, 0.15) is 21.5 Å². The lowest BCUT2D eigenvalue weighted by atomic mass is 10.3. The number of nitrogens with one attached hydrogen (secondary N) is 1. The second kappa shape index (κ2) is 7.65. The molecule has 0 aliphatic carbocycles. The average molecular weight is 262 g/mol. The summed E-state index contributed by atoms with van der Waals surface area (Å²) in [5, 5.41) is 2.80. The summed E-state index contributed by atoms with van der Waals surface area (Å²) >= 11 is 6.98. The molecule has 0 fully saturated rings. The highest BCUT2D eigenvalue weighted by Crippen LogP contribution is 2.16. The zero-order valence-electron chi connectivity index (χ0n) is 9.29. The fourth-order valence-electron chi connectivity index (χ4n) is 1.17. The molecule has 90 valence electrons. The average Bonchev–Trinajstić information content (AvgIpc) is 2.77. The molecular formula is C11H16ClNO2S. The van der Waals surface area contributed by atoms with Crippen LogP contribution in [0, 0.1) is 0 Å². The van der Waals surface area contributed by atoms with E-state index in [-0.39, 0.29) is 5.91 Å². The van der Waals surface area contributed by atoms with E-state index in [2.05, 4.69) is 12.2 Å². The molecule has 1 heterocycles. The monoisotopic (exact) mass is 261 g/mol. The van der Waals surface area contributed by atoms with Gasteiger partial charge in [0.2, 0.25) is 0 Å². The fraction of sp³-hybridized carbons (Fsp3) is 0.545. The molecule has 0 unspecified atom stereocenters. The maximum atomic E-state index is 11.6. The summed E-state index contributed by atoms with van der Waals surface area (Å²) in [5.74, 6) is 0.456. The summed E-state index contributed by atoms with van der Waals surface area (Å²) in [4.78, 5) is 13.6. The molecule has 1 aromatic rings. The maximum absolute atomic E-state index is 11.6. The third-order valence-electron chi connectivity index (χ3n) is 1.99. The summed E-state index contributed by atoms with van der Waals surface area (Å²) in [5.41, 5.74) is 0. The number of hydrogen-bond donors (Lipinski definition) is 1. The van der Waals surface area contributed by atoms with Crippen molar-refractivity contribution in [2.45, 2.75) is 13.3 Å². The Bertz CT molecular complexity index is 328. The van der Waals surface area contributed by atoms with Crippen molar-refractivity contribution in [3.8, 4) is 0 Å². The van der Waals surface area contributed by atoms with Crippen LogP contribution >= 0.6 is 22.9 Å². The molecule has 0 atom stereocenters. The molecule has 1 N–H and O–H groups in total. The SMILES string of the molecule is CCc1ccc(C(=O)NCCOCCCl)s1. The largest absolute Gasteiger partial charge is 0.378 e. The molecule has 0 aliphatic heterocycles. The zero-order chi connectivity index (χ0) is 11.8. The van der Waals surface area contributed by atoms with Crippen molar-refractivity contribution in [3.05, 3.63) is 21.9 Å². The van der Waals surface area contributed by atoms with Gasteiger partial charge >= 0.3 is 0 Å². The number of aryl methyl sites for hydroxylation is 1. The van der Waals surface area contributed by atoms with Gasteiger partial charge in [0.15, 0.2) is 0 Å². The van der Waals surface area contributed by atoms with Crippen LogP contribution in [0.5, 0.6) is 0 Å². The normalized spacial score (nSPS) is 10.4. The number of carbonyl (C=O) groups is 1. The lowest BCUT2D eigenvalue weighted by Crippen LogP contribution is -2.26. The highest BCUT2D eigenvalue weighted by Gasteiger charge is 2.07. The minimum absolute atomic E-state index is 0.0285. The Kier molecular flexibility index (Phi) is 6.45. The summed E-state index contributed by atoms with van der Waals surface area (Å²) in [6, 6.07) is 3.85. The summed E-state index contributed by atoms with van der Waals surface area (Å²) in [7, 11) is 0. The van der Waals surface area contributed by atoms with Crippen LogP contribution in [0.15, 0.2) is 12.1 Å². The van der Waals surface area contributed by atoms with Crippen LogP contribution in [0.4, 0.5) is 0 Å². The zero-order valence-corrected chi connectivity index (χ0v) is 10.9. The molecule has 1 amide bonds. The number of carbonyl (C=O) groups excluding carboxylic acids is 1. The van der Waals surface area contributed by atoms with Crippen LogP contribution in [-0.2, 0) is 11.2 Å². The number of alkyl halides is 1. The van der Waals surface area contributed by atoms with E-state index >= 15 is 0 Å². The number of hydrogen-bond acceptors (Lipinski definition) is 3. The molecule has 16 heavy (non-hydrogen) atoms. The molecule has 0 aromatic carbocycles. The minimum atomic E-state index is -0.0285. The van der Waals surface area contributed by atoms with Gasteiger partial charge in [-0.05, 0) is 18.6 Å². The Hall–Kier alpha value is -0.580. The highest BCUT2D eigenvalue weighted by atomic mass is 35.5. The smallest absolute Gasteiger partial charge is 0.261 e. The maximum Gasteiger partial charge on any atom is 0.261 e. The Morgan fingerprint density at radius 1 is 1.50 bits per heavy atom. The Morgan fingerprint density at radius 3 is 2.94 bits per heavy atom. The summed E-state index contributed by atoms with van der Waals surface area (Å²) in [6.07, 6.45) is 0.969. The molecule has 0 bridgehead atoms. The van der Waals surface area contributed by atoms with E-state index in [1.807, 2.05) is 12.1 Å². The van der Waals surface area contributed by atoms with E-state index in [9.17, 15) is 4.79 Å². The van der Waals surface area contributed by atoms with Crippen molar-refractivity contribution in [1.29, 1.82) is 0 Å². The van der Waals surface area contributed by atoms with Crippen molar-refractivity contribution >= 4 is 28.8 Å². The molecule has 0 saturated heterocycles. The van der Waals surface area contributed by atoms with Crippen molar-refractivity contribution in [1.82, 2.24) is 5.32 Å². The molecule has 0 saturated carbocycles. The van der Waals surface area contributed by atoms with Crippen molar-refractivity contribution < 1.29 is 9.53 Å². The minimum Gasteiger partial charge on any atom is -0.378 e. The van der Waals surface area contributed by atoms with E-state index in [1.54, 1.807) is 0 Å². The van der Waals surface area contributed by atoms with Crippen molar-refractivity contribution in [2.75, 3.05) is 25.6 Å². The molecule has 1 aromatic heterocycles. The van der Waals surface area contributed by atoms with Crippen LogP contribution in [-0.4, -0.2) is 31.5 Å². The predicted molar refractivity (Wildman–Crippen MR) is 67.6 cm³/mol. The quantitative estimate of drug-likeness (QED) is 0.604. The van der Waals surface area contributed by atoms with E-state index in [4.69, 9.17) is 16.3 Å². The van der Waals surface area contributed by atoms with Crippen LogP contribution in [0.25, 0.3) is 0 Å². The van der Waals surface area contributed by atoms with E-state index in [0.717, 1.165) is 11.3 Å². The second-order valence-corrected chi connectivity index (χ2v) is 4.72. The van der Waals surface area contributed by atoms with Gasteiger partial charge in [-0.15, -0.1) is 22.9 Å². The summed E-state index contributed by atoms with van der Waals surface area (Å²) in [6.45, 7) is 3.63. The molecule has 0 spiro atoms. The molecule has 1 rings (SSSR count).